The topological polar surface area (TPSA) is 29.5 Å². The third-order valence-electron chi connectivity index (χ3n) is 3.28. The Labute approximate surface area is 104 Å². The lowest BCUT2D eigenvalue weighted by atomic mass is 9.87. The van der Waals surface area contributed by atoms with Gasteiger partial charge in [0.25, 0.3) is 0 Å². The molecule has 2 rings (SSSR count). The summed E-state index contributed by atoms with van der Waals surface area (Å²) in [6.45, 7) is 2.54. The summed E-state index contributed by atoms with van der Waals surface area (Å²) in [6, 6.07) is 8.06. The number of amides is 1. The molecule has 1 atom stereocenters. The van der Waals surface area contributed by atoms with Gasteiger partial charge in [-0.3, -0.25) is 0 Å². The number of benzene rings is 1. The molecule has 0 aromatic heterocycles. The van der Waals surface area contributed by atoms with Crippen molar-refractivity contribution in [2.24, 2.45) is 0 Å². The van der Waals surface area contributed by atoms with Gasteiger partial charge in [0.2, 0.25) is 0 Å². The highest BCUT2D eigenvalue weighted by Crippen LogP contribution is 2.35. The zero-order chi connectivity index (χ0) is 11.8. The summed E-state index contributed by atoms with van der Waals surface area (Å²) in [7, 11) is 1.78. The number of nitrogens with zero attached hydrogens (tertiary/aromatic N) is 1. The normalized spacial score (nSPS) is 25.4. The Kier molecular flexibility index (Phi) is 2.93. The lowest BCUT2D eigenvalue weighted by molar-refractivity contribution is 0.0146. The summed E-state index contributed by atoms with van der Waals surface area (Å²) in [5.41, 5.74) is 0.847. The second-order valence-corrected chi connectivity index (χ2v) is 5.12. The molecule has 1 saturated heterocycles. The van der Waals surface area contributed by atoms with E-state index in [1.807, 2.05) is 18.2 Å². The lowest BCUT2D eigenvalue weighted by Gasteiger charge is -2.42. The van der Waals surface area contributed by atoms with Crippen LogP contribution in [0.2, 0.25) is 0 Å². The van der Waals surface area contributed by atoms with Crippen molar-refractivity contribution in [3.63, 3.8) is 0 Å². The molecule has 1 fully saturated rings. The van der Waals surface area contributed by atoms with Crippen LogP contribution >= 0.6 is 15.9 Å². The standard InChI is InChI=1S/C12H14BrNO2/c1-12(6-7-16-11(15)14(12)2)9-4-3-5-10(13)8-9/h3-5,8H,6-7H2,1-2H3. The third-order valence-corrected chi connectivity index (χ3v) is 3.77. The molecule has 1 aliphatic rings. The first kappa shape index (κ1) is 11.5. The van der Waals surface area contributed by atoms with E-state index in [0.29, 0.717) is 6.61 Å². The van der Waals surface area contributed by atoms with E-state index in [4.69, 9.17) is 4.74 Å². The van der Waals surface area contributed by atoms with Gasteiger partial charge < -0.3 is 9.64 Å². The molecule has 1 heterocycles. The first-order valence-corrected chi connectivity index (χ1v) is 6.00. The van der Waals surface area contributed by atoms with E-state index >= 15 is 0 Å². The van der Waals surface area contributed by atoms with E-state index in [2.05, 4.69) is 28.9 Å². The van der Waals surface area contributed by atoms with E-state index < -0.39 is 0 Å². The summed E-state index contributed by atoms with van der Waals surface area (Å²) in [5.74, 6) is 0. The Morgan fingerprint density at radius 2 is 2.25 bits per heavy atom. The number of hydrogen-bond acceptors (Lipinski definition) is 2. The monoisotopic (exact) mass is 283 g/mol. The van der Waals surface area contributed by atoms with Gasteiger partial charge >= 0.3 is 6.09 Å². The van der Waals surface area contributed by atoms with Crippen molar-refractivity contribution in [3.05, 3.63) is 34.3 Å². The van der Waals surface area contributed by atoms with E-state index in [1.165, 1.54) is 0 Å². The van der Waals surface area contributed by atoms with Crippen molar-refractivity contribution < 1.29 is 9.53 Å². The van der Waals surface area contributed by atoms with Crippen LogP contribution in [0, 0.1) is 0 Å². The Bertz CT molecular complexity index is 421. The van der Waals surface area contributed by atoms with Crippen LogP contribution in [0.15, 0.2) is 28.7 Å². The van der Waals surface area contributed by atoms with Gasteiger partial charge in [0, 0.05) is 17.9 Å². The number of hydrogen-bond donors (Lipinski definition) is 0. The van der Waals surface area contributed by atoms with Crippen LogP contribution in [-0.4, -0.2) is 24.6 Å². The molecule has 0 spiro atoms. The molecule has 0 N–H and O–H groups in total. The molecule has 3 nitrogen and oxygen atoms in total. The molecule has 86 valence electrons. The predicted molar refractivity (Wildman–Crippen MR) is 65.2 cm³/mol. The predicted octanol–water partition coefficient (Wildman–Crippen LogP) is 3.14. The smallest absolute Gasteiger partial charge is 0.410 e. The Hall–Kier alpha value is -1.03. The number of cyclic esters (lactones) is 1. The van der Waals surface area contributed by atoms with E-state index in [0.717, 1.165) is 16.5 Å². The quantitative estimate of drug-likeness (QED) is 0.793. The molecular formula is C12H14BrNO2. The van der Waals surface area contributed by atoms with E-state index in [1.54, 1.807) is 11.9 Å². The fourth-order valence-electron chi connectivity index (χ4n) is 1.96. The van der Waals surface area contributed by atoms with Crippen LogP contribution in [0.25, 0.3) is 0 Å². The number of carbonyl (C=O) groups is 1. The van der Waals surface area contributed by atoms with Crippen LogP contribution in [0.1, 0.15) is 18.9 Å². The molecule has 4 heteroatoms. The highest BCUT2D eigenvalue weighted by Gasteiger charge is 2.38. The minimum absolute atomic E-state index is 0.256. The van der Waals surface area contributed by atoms with Crippen molar-refractivity contribution >= 4 is 22.0 Å². The van der Waals surface area contributed by atoms with Crippen LogP contribution in [0.3, 0.4) is 0 Å². The molecule has 0 radical (unpaired) electrons. The Morgan fingerprint density at radius 1 is 1.50 bits per heavy atom. The third kappa shape index (κ3) is 1.82. The van der Waals surface area contributed by atoms with E-state index in [-0.39, 0.29) is 11.6 Å². The molecule has 0 aliphatic carbocycles. The maximum atomic E-state index is 11.6. The summed E-state index contributed by atoms with van der Waals surface area (Å²) in [6.07, 6.45) is 0.555. The average molecular weight is 284 g/mol. The van der Waals surface area contributed by atoms with Crippen molar-refractivity contribution in [3.8, 4) is 0 Å². The van der Waals surface area contributed by atoms with Gasteiger partial charge in [-0.05, 0) is 24.6 Å². The number of carbonyl (C=O) groups excluding carboxylic acids is 1. The van der Waals surface area contributed by atoms with Crippen molar-refractivity contribution in [2.45, 2.75) is 18.9 Å². The minimum atomic E-state index is -0.279. The molecule has 1 amide bonds. The molecule has 1 aromatic rings. The first-order valence-electron chi connectivity index (χ1n) is 5.21. The van der Waals surface area contributed by atoms with Gasteiger partial charge in [0.15, 0.2) is 0 Å². The minimum Gasteiger partial charge on any atom is -0.449 e. The zero-order valence-electron chi connectivity index (χ0n) is 9.37. The highest BCUT2D eigenvalue weighted by atomic mass is 79.9. The number of ether oxygens (including phenoxy) is 1. The zero-order valence-corrected chi connectivity index (χ0v) is 11.0. The van der Waals surface area contributed by atoms with Gasteiger partial charge in [-0.15, -0.1) is 0 Å². The van der Waals surface area contributed by atoms with Crippen molar-refractivity contribution in [2.75, 3.05) is 13.7 Å². The fraction of sp³-hybridized carbons (Fsp3) is 0.417. The molecule has 1 aromatic carbocycles. The molecule has 1 unspecified atom stereocenters. The van der Waals surface area contributed by atoms with Gasteiger partial charge in [-0.1, -0.05) is 28.1 Å². The number of halogens is 1. The first-order chi connectivity index (χ1) is 7.54. The molecular weight excluding hydrogens is 270 g/mol. The maximum Gasteiger partial charge on any atom is 0.410 e. The average Bonchev–Trinajstić information content (AvgIpc) is 2.26. The van der Waals surface area contributed by atoms with Crippen LogP contribution in [-0.2, 0) is 10.3 Å². The van der Waals surface area contributed by atoms with Crippen LogP contribution in [0.5, 0.6) is 0 Å². The summed E-state index contributed by atoms with van der Waals surface area (Å²) < 4.78 is 6.04. The van der Waals surface area contributed by atoms with Gasteiger partial charge in [-0.2, -0.15) is 0 Å². The highest BCUT2D eigenvalue weighted by molar-refractivity contribution is 9.10. The Morgan fingerprint density at radius 3 is 2.94 bits per heavy atom. The van der Waals surface area contributed by atoms with Crippen molar-refractivity contribution in [1.29, 1.82) is 0 Å². The molecule has 0 bridgehead atoms. The Balaban J connectivity index is 2.40. The van der Waals surface area contributed by atoms with Gasteiger partial charge in [-0.25, -0.2) is 4.79 Å². The van der Waals surface area contributed by atoms with E-state index in [9.17, 15) is 4.79 Å². The van der Waals surface area contributed by atoms with Crippen LogP contribution < -0.4 is 0 Å². The van der Waals surface area contributed by atoms with Gasteiger partial charge in [0.1, 0.15) is 0 Å². The van der Waals surface area contributed by atoms with Gasteiger partial charge in [0.05, 0.1) is 12.1 Å². The SMILES string of the molecule is CN1C(=O)OCCC1(C)c1cccc(Br)c1. The second kappa shape index (κ2) is 4.09. The molecule has 16 heavy (non-hydrogen) atoms. The lowest BCUT2D eigenvalue weighted by Crippen LogP contribution is -2.49. The summed E-state index contributed by atoms with van der Waals surface area (Å²) in [5, 5.41) is 0. The summed E-state index contributed by atoms with van der Waals surface area (Å²) >= 11 is 3.45. The second-order valence-electron chi connectivity index (χ2n) is 4.21. The maximum absolute atomic E-state index is 11.6. The molecule has 0 saturated carbocycles. The molecule has 1 aliphatic heterocycles. The fourth-order valence-corrected chi connectivity index (χ4v) is 2.36. The van der Waals surface area contributed by atoms with Crippen molar-refractivity contribution in [1.82, 2.24) is 4.90 Å². The van der Waals surface area contributed by atoms with Crippen LogP contribution in [0.4, 0.5) is 4.79 Å². The largest absolute Gasteiger partial charge is 0.449 e. The summed E-state index contributed by atoms with van der Waals surface area (Å²) in [4.78, 5) is 13.2. The number of rotatable bonds is 1.